The van der Waals surface area contributed by atoms with Crippen molar-refractivity contribution in [2.75, 3.05) is 13.1 Å². The van der Waals surface area contributed by atoms with Gasteiger partial charge in [0.2, 0.25) is 0 Å². The van der Waals surface area contributed by atoms with Gasteiger partial charge in [-0.05, 0) is 36.8 Å². The topological polar surface area (TPSA) is 88.2 Å². The van der Waals surface area contributed by atoms with Gasteiger partial charge in [0.15, 0.2) is 11.8 Å². The number of halogens is 2. The van der Waals surface area contributed by atoms with Crippen LogP contribution in [0.1, 0.15) is 18.3 Å². The number of benzene rings is 1. The average Bonchev–Trinajstić information content (AvgIpc) is 3.17. The average molecular weight is 496 g/mol. The molecule has 0 bridgehead atoms. The molecule has 0 aliphatic carbocycles. The largest absolute Gasteiger partial charge is 0.357 e. The number of hydrogen-bond donors (Lipinski definition) is 2. The Morgan fingerprint density at radius 1 is 1.14 bits per heavy atom. The molecule has 0 saturated carbocycles. The number of hydrogen-bond acceptors (Lipinski definition) is 5. The van der Waals surface area contributed by atoms with Crippen molar-refractivity contribution in [2.45, 2.75) is 19.9 Å². The second kappa shape index (κ2) is 11.3. The van der Waals surface area contributed by atoms with Crippen molar-refractivity contribution >= 4 is 29.9 Å². The number of pyridine rings is 1. The quantitative estimate of drug-likeness (QED) is 0.297. The third-order valence-electron chi connectivity index (χ3n) is 3.67. The van der Waals surface area contributed by atoms with Crippen LogP contribution in [0.25, 0.3) is 11.6 Å². The van der Waals surface area contributed by atoms with Crippen LogP contribution < -0.4 is 10.6 Å². The molecule has 0 fully saturated rings. The van der Waals surface area contributed by atoms with E-state index in [1.165, 1.54) is 12.1 Å². The Balaban J connectivity index is 0.00000280. The van der Waals surface area contributed by atoms with Gasteiger partial charge in [-0.1, -0.05) is 23.4 Å². The summed E-state index contributed by atoms with van der Waals surface area (Å²) in [6.45, 7) is 3.78. The van der Waals surface area contributed by atoms with Crippen molar-refractivity contribution in [1.29, 1.82) is 0 Å². The van der Waals surface area contributed by atoms with E-state index in [9.17, 15) is 4.39 Å². The lowest BCUT2D eigenvalue weighted by atomic mass is 10.2. The zero-order valence-electron chi connectivity index (χ0n) is 15.4. The summed E-state index contributed by atoms with van der Waals surface area (Å²) in [5.41, 5.74) is 1.59. The lowest BCUT2D eigenvalue weighted by Gasteiger charge is -2.10. The molecule has 2 N–H and O–H groups in total. The van der Waals surface area contributed by atoms with E-state index in [0.717, 1.165) is 12.1 Å². The third-order valence-corrected chi connectivity index (χ3v) is 3.67. The molecule has 3 rings (SSSR count). The number of nitrogens with zero attached hydrogens (tertiary/aromatic N) is 4. The van der Waals surface area contributed by atoms with Crippen molar-refractivity contribution in [3.8, 4) is 11.6 Å². The maximum absolute atomic E-state index is 13.0. The molecule has 28 heavy (non-hydrogen) atoms. The standard InChI is InChI=1S/C19H21FN6O.HI/c1-2-21-19(24-13-14-6-8-15(20)9-7-14)23-12-10-17-25-18(27-26-17)16-5-3-4-11-22-16;/h3-9,11H,2,10,12-13H2,1H3,(H2,21,23,24);1H. The summed E-state index contributed by atoms with van der Waals surface area (Å²) in [4.78, 5) is 13.0. The monoisotopic (exact) mass is 496 g/mol. The molecule has 0 amide bonds. The Morgan fingerprint density at radius 2 is 1.96 bits per heavy atom. The van der Waals surface area contributed by atoms with Gasteiger partial charge in [0, 0.05) is 25.7 Å². The summed E-state index contributed by atoms with van der Waals surface area (Å²) in [6.07, 6.45) is 2.26. The second-order valence-corrected chi connectivity index (χ2v) is 5.73. The maximum Gasteiger partial charge on any atom is 0.276 e. The summed E-state index contributed by atoms with van der Waals surface area (Å²) >= 11 is 0. The minimum absolute atomic E-state index is 0. The van der Waals surface area contributed by atoms with E-state index in [0.29, 0.717) is 42.9 Å². The summed E-state index contributed by atoms with van der Waals surface area (Å²) in [5, 5.41) is 10.4. The van der Waals surface area contributed by atoms with Crippen molar-refractivity contribution in [2.24, 2.45) is 4.99 Å². The van der Waals surface area contributed by atoms with Crippen molar-refractivity contribution < 1.29 is 8.91 Å². The minimum Gasteiger partial charge on any atom is -0.357 e. The fourth-order valence-electron chi connectivity index (χ4n) is 2.34. The van der Waals surface area contributed by atoms with Crippen LogP contribution in [0.4, 0.5) is 4.39 Å². The highest BCUT2D eigenvalue weighted by Crippen LogP contribution is 2.13. The van der Waals surface area contributed by atoms with Crippen molar-refractivity contribution in [1.82, 2.24) is 25.8 Å². The molecular weight excluding hydrogens is 474 g/mol. The summed E-state index contributed by atoms with van der Waals surface area (Å²) in [5.74, 6) is 1.42. The highest BCUT2D eigenvalue weighted by atomic mass is 127. The predicted molar refractivity (Wildman–Crippen MR) is 116 cm³/mol. The smallest absolute Gasteiger partial charge is 0.276 e. The van der Waals surface area contributed by atoms with E-state index >= 15 is 0 Å². The first-order chi connectivity index (χ1) is 13.2. The fraction of sp³-hybridized carbons (Fsp3) is 0.263. The predicted octanol–water partition coefficient (Wildman–Crippen LogP) is 3.19. The molecule has 7 nitrogen and oxygen atoms in total. The lowest BCUT2D eigenvalue weighted by molar-refractivity contribution is 0.421. The lowest BCUT2D eigenvalue weighted by Crippen LogP contribution is -2.38. The SMILES string of the molecule is CCNC(=NCc1ccc(F)cc1)NCCc1noc(-c2ccccn2)n1.I. The highest BCUT2D eigenvalue weighted by Gasteiger charge is 2.09. The molecule has 2 aromatic heterocycles. The van der Waals surface area contributed by atoms with Gasteiger partial charge in [0.25, 0.3) is 5.89 Å². The molecule has 0 atom stereocenters. The van der Waals surface area contributed by atoms with E-state index in [1.54, 1.807) is 18.3 Å². The highest BCUT2D eigenvalue weighted by molar-refractivity contribution is 14.0. The van der Waals surface area contributed by atoms with Crippen LogP contribution in [0.15, 0.2) is 58.2 Å². The number of rotatable bonds is 7. The molecule has 0 radical (unpaired) electrons. The van der Waals surface area contributed by atoms with Gasteiger partial charge >= 0.3 is 0 Å². The summed E-state index contributed by atoms with van der Waals surface area (Å²) < 4.78 is 18.2. The zero-order chi connectivity index (χ0) is 18.9. The first kappa shape index (κ1) is 21.7. The second-order valence-electron chi connectivity index (χ2n) is 5.73. The van der Waals surface area contributed by atoms with Gasteiger partial charge in [-0.3, -0.25) is 4.98 Å². The van der Waals surface area contributed by atoms with Gasteiger partial charge in [-0.15, -0.1) is 24.0 Å². The van der Waals surface area contributed by atoms with Crippen LogP contribution in [0, 0.1) is 5.82 Å². The van der Waals surface area contributed by atoms with Crippen molar-refractivity contribution in [3.63, 3.8) is 0 Å². The molecule has 148 valence electrons. The Labute approximate surface area is 179 Å². The van der Waals surface area contributed by atoms with E-state index in [2.05, 4.69) is 30.8 Å². The van der Waals surface area contributed by atoms with Crippen LogP contribution in [-0.4, -0.2) is 34.2 Å². The molecule has 0 unspecified atom stereocenters. The van der Waals surface area contributed by atoms with Gasteiger partial charge < -0.3 is 15.2 Å². The molecular formula is C19H22FIN6O. The van der Waals surface area contributed by atoms with Gasteiger partial charge in [-0.25, -0.2) is 9.38 Å². The van der Waals surface area contributed by atoms with Crippen LogP contribution in [0.3, 0.4) is 0 Å². The molecule has 0 saturated heterocycles. The van der Waals surface area contributed by atoms with Gasteiger partial charge in [0.1, 0.15) is 11.5 Å². The summed E-state index contributed by atoms with van der Waals surface area (Å²) in [6, 6.07) is 11.8. The zero-order valence-corrected chi connectivity index (χ0v) is 17.8. The normalized spacial score (nSPS) is 11.0. The molecule has 0 aliphatic rings. The third kappa shape index (κ3) is 6.55. The van der Waals surface area contributed by atoms with Gasteiger partial charge in [0.05, 0.1) is 6.54 Å². The Kier molecular flexibility index (Phi) is 8.79. The van der Waals surface area contributed by atoms with E-state index < -0.39 is 0 Å². The molecule has 1 aromatic carbocycles. The van der Waals surface area contributed by atoms with Crippen LogP contribution in [-0.2, 0) is 13.0 Å². The molecule has 2 heterocycles. The maximum atomic E-state index is 13.0. The van der Waals surface area contributed by atoms with E-state index in [4.69, 9.17) is 4.52 Å². The number of aliphatic imine (C=N–C) groups is 1. The number of nitrogens with one attached hydrogen (secondary N) is 2. The fourth-order valence-corrected chi connectivity index (χ4v) is 2.34. The van der Waals surface area contributed by atoms with E-state index in [-0.39, 0.29) is 29.8 Å². The van der Waals surface area contributed by atoms with Crippen molar-refractivity contribution in [3.05, 3.63) is 65.9 Å². The van der Waals surface area contributed by atoms with E-state index in [1.807, 2.05) is 25.1 Å². The first-order valence-corrected chi connectivity index (χ1v) is 8.75. The summed E-state index contributed by atoms with van der Waals surface area (Å²) in [7, 11) is 0. The number of guanidine groups is 1. The molecule has 0 spiro atoms. The van der Waals surface area contributed by atoms with Gasteiger partial charge in [-0.2, -0.15) is 4.98 Å². The minimum atomic E-state index is -0.252. The van der Waals surface area contributed by atoms with Crippen LogP contribution >= 0.6 is 24.0 Å². The molecule has 9 heteroatoms. The number of aromatic nitrogens is 3. The Bertz CT molecular complexity index is 870. The Hall–Kier alpha value is -2.56. The van der Waals surface area contributed by atoms with Crippen LogP contribution in [0.2, 0.25) is 0 Å². The molecule has 0 aliphatic heterocycles. The molecule has 3 aromatic rings. The first-order valence-electron chi connectivity index (χ1n) is 8.75. The Morgan fingerprint density at radius 3 is 2.68 bits per heavy atom. The van der Waals surface area contributed by atoms with Crippen LogP contribution in [0.5, 0.6) is 0 Å².